The number of rotatable bonds is 5. The van der Waals surface area contributed by atoms with Gasteiger partial charge in [-0.1, -0.05) is 58.0 Å². The monoisotopic (exact) mass is 310 g/mol. The first kappa shape index (κ1) is 12.7. The highest BCUT2D eigenvalue weighted by Gasteiger charge is 2.11. The van der Waals surface area contributed by atoms with Crippen molar-refractivity contribution in [2.24, 2.45) is 7.05 Å². The van der Waals surface area contributed by atoms with Gasteiger partial charge >= 0.3 is 0 Å². The highest BCUT2D eigenvalue weighted by Crippen LogP contribution is 2.26. The standard InChI is InChI=1S/C13H15BrN2S/c1-16-8-7-15-13(16)17-10-12(9-14)11-5-3-2-4-6-11/h2-8,12H,9-10H2,1H3. The van der Waals surface area contributed by atoms with E-state index in [-0.39, 0.29) is 0 Å². The van der Waals surface area contributed by atoms with Gasteiger partial charge in [-0.3, -0.25) is 0 Å². The van der Waals surface area contributed by atoms with E-state index in [0.29, 0.717) is 5.92 Å². The van der Waals surface area contributed by atoms with E-state index >= 15 is 0 Å². The van der Waals surface area contributed by atoms with Gasteiger partial charge in [-0.2, -0.15) is 0 Å². The topological polar surface area (TPSA) is 17.8 Å². The van der Waals surface area contributed by atoms with Crippen LogP contribution in [0.3, 0.4) is 0 Å². The molecule has 1 heterocycles. The van der Waals surface area contributed by atoms with Gasteiger partial charge in [0.1, 0.15) is 0 Å². The Kier molecular flexibility index (Phi) is 4.68. The van der Waals surface area contributed by atoms with Crippen molar-refractivity contribution in [2.75, 3.05) is 11.1 Å². The molecular formula is C13H15BrN2S. The number of halogens is 1. The molecule has 0 amide bonds. The molecule has 0 N–H and O–H groups in total. The van der Waals surface area contributed by atoms with Crippen LogP contribution < -0.4 is 0 Å². The number of aromatic nitrogens is 2. The van der Waals surface area contributed by atoms with E-state index in [4.69, 9.17) is 0 Å². The third-order valence-corrected chi connectivity index (χ3v) is 4.65. The molecule has 4 heteroatoms. The highest BCUT2D eigenvalue weighted by atomic mass is 79.9. The fourth-order valence-electron chi connectivity index (χ4n) is 1.62. The summed E-state index contributed by atoms with van der Waals surface area (Å²) in [5.74, 6) is 1.57. The van der Waals surface area contributed by atoms with Gasteiger partial charge in [-0.05, 0) is 5.56 Å². The highest BCUT2D eigenvalue weighted by molar-refractivity contribution is 9.09. The summed E-state index contributed by atoms with van der Waals surface area (Å²) in [5, 5.41) is 2.06. The normalized spacial score (nSPS) is 12.6. The van der Waals surface area contributed by atoms with Gasteiger partial charge in [-0.25, -0.2) is 4.98 Å². The van der Waals surface area contributed by atoms with Crippen LogP contribution in [0.1, 0.15) is 11.5 Å². The summed E-state index contributed by atoms with van der Waals surface area (Å²) >= 11 is 5.40. The molecular weight excluding hydrogens is 296 g/mol. The van der Waals surface area contributed by atoms with Crippen LogP contribution in [0.4, 0.5) is 0 Å². The van der Waals surface area contributed by atoms with Crippen LogP contribution in [0.15, 0.2) is 47.9 Å². The van der Waals surface area contributed by atoms with E-state index in [1.54, 1.807) is 11.8 Å². The van der Waals surface area contributed by atoms with Crippen LogP contribution in [0.2, 0.25) is 0 Å². The van der Waals surface area contributed by atoms with Gasteiger partial charge < -0.3 is 4.57 Å². The first-order valence-corrected chi connectivity index (χ1v) is 7.63. The Hall–Kier alpha value is -0.740. The number of hydrogen-bond donors (Lipinski definition) is 0. The second-order valence-corrected chi connectivity index (χ2v) is 5.53. The predicted molar refractivity (Wildman–Crippen MR) is 76.9 cm³/mol. The zero-order valence-corrected chi connectivity index (χ0v) is 12.1. The SMILES string of the molecule is Cn1ccnc1SCC(CBr)c1ccccc1. The lowest BCUT2D eigenvalue weighted by molar-refractivity contribution is 0.786. The zero-order chi connectivity index (χ0) is 12.1. The second kappa shape index (κ2) is 6.26. The van der Waals surface area contributed by atoms with Crippen LogP contribution in [-0.4, -0.2) is 20.6 Å². The van der Waals surface area contributed by atoms with E-state index in [2.05, 4.69) is 55.8 Å². The Balaban J connectivity index is 1.99. The minimum atomic E-state index is 0.526. The van der Waals surface area contributed by atoms with Crippen molar-refractivity contribution >= 4 is 27.7 Å². The molecule has 1 aromatic heterocycles. The average molecular weight is 311 g/mol. The molecule has 0 aliphatic carbocycles. The van der Waals surface area contributed by atoms with Crippen molar-refractivity contribution in [1.82, 2.24) is 9.55 Å². The van der Waals surface area contributed by atoms with Gasteiger partial charge in [0.25, 0.3) is 0 Å². The van der Waals surface area contributed by atoms with Crippen LogP contribution in [-0.2, 0) is 7.05 Å². The van der Waals surface area contributed by atoms with Gasteiger partial charge in [0, 0.05) is 36.4 Å². The smallest absolute Gasteiger partial charge is 0.167 e. The van der Waals surface area contributed by atoms with Crippen LogP contribution in [0, 0.1) is 0 Å². The van der Waals surface area contributed by atoms with E-state index in [1.165, 1.54) is 5.56 Å². The maximum Gasteiger partial charge on any atom is 0.167 e. The summed E-state index contributed by atoms with van der Waals surface area (Å²) in [7, 11) is 2.03. The Morgan fingerprint density at radius 3 is 2.71 bits per heavy atom. The first-order chi connectivity index (χ1) is 8.31. The minimum Gasteiger partial charge on any atom is -0.329 e. The van der Waals surface area contributed by atoms with Gasteiger partial charge in [0.2, 0.25) is 0 Å². The lowest BCUT2D eigenvalue weighted by Crippen LogP contribution is -2.04. The molecule has 0 radical (unpaired) electrons. The number of benzene rings is 1. The van der Waals surface area contributed by atoms with Crippen LogP contribution in [0.25, 0.3) is 0 Å². The van der Waals surface area contributed by atoms with E-state index in [0.717, 1.165) is 16.2 Å². The first-order valence-electron chi connectivity index (χ1n) is 5.52. The third-order valence-electron chi connectivity index (χ3n) is 2.65. The Morgan fingerprint density at radius 1 is 1.35 bits per heavy atom. The number of imidazole rings is 1. The summed E-state index contributed by atoms with van der Waals surface area (Å²) in [6.45, 7) is 0. The quantitative estimate of drug-likeness (QED) is 0.619. The fourth-order valence-corrected chi connectivity index (χ4v) is 3.59. The largest absolute Gasteiger partial charge is 0.329 e. The van der Waals surface area contributed by atoms with Crippen LogP contribution >= 0.6 is 27.7 Å². The molecule has 0 saturated heterocycles. The molecule has 1 atom stereocenters. The van der Waals surface area contributed by atoms with Crippen molar-refractivity contribution in [3.05, 3.63) is 48.3 Å². The number of alkyl halides is 1. The Labute approximate surface area is 115 Å². The zero-order valence-electron chi connectivity index (χ0n) is 9.71. The molecule has 2 rings (SSSR count). The molecule has 1 aromatic carbocycles. The molecule has 1 unspecified atom stereocenters. The maximum absolute atomic E-state index is 4.33. The third kappa shape index (κ3) is 3.36. The molecule has 2 aromatic rings. The Morgan fingerprint density at radius 2 is 2.12 bits per heavy atom. The summed E-state index contributed by atoms with van der Waals surface area (Å²) in [4.78, 5) is 4.33. The fraction of sp³-hybridized carbons (Fsp3) is 0.308. The lowest BCUT2D eigenvalue weighted by atomic mass is 10.0. The molecule has 17 heavy (non-hydrogen) atoms. The maximum atomic E-state index is 4.33. The van der Waals surface area contributed by atoms with Crippen molar-refractivity contribution in [2.45, 2.75) is 11.1 Å². The van der Waals surface area contributed by atoms with E-state index in [9.17, 15) is 0 Å². The summed E-state index contributed by atoms with van der Waals surface area (Å²) in [6.07, 6.45) is 3.82. The minimum absolute atomic E-state index is 0.526. The molecule has 0 aliphatic rings. The Bertz CT molecular complexity index is 455. The number of hydrogen-bond acceptors (Lipinski definition) is 2. The molecule has 0 bridgehead atoms. The summed E-state index contributed by atoms with van der Waals surface area (Å²) in [6, 6.07) is 10.6. The molecule has 0 aliphatic heterocycles. The molecule has 0 spiro atoms. The van der Waals surface area contributed by atoms with Gasteiger partial charge in [-0.15, -0.1) is 0 Å². The molecule has 0 saturated carbocycles. The van der Waals surface area contributed by atoms with Gasteiger partial charge in [0.05, 0.1) is 0 Å². The number of thioether (sulfide) groups is 1. The lowest BCUT2D eigenvalue weighted by Gasteiger charge is -2.13. The van der Waals surface area contributed by atoms with Gasteiger partial charge in [0.15, 0.2) is 5.16 Å². The number of aryl methyl sites for hydroxylation is 1. The summed E-state index contributed by atoms with van der Waals surface area (Å²) < 4.78 is 2.06. The average Bonchev–Trinajstić information content (AvgIpc) is 2.77. The van der Waals surface area contributed by atoms with Crippen LogP contribution in [0.5, 0.6) is 0 Å². The number of nitrogens with zero attached hydrogens (tertiary/aromatic N) is 2. The van der Waals surface area contributed by atoms with Crippen molar-refractivity contribution in [3.8, 4) is 0 Å². The molecule has 90 valence electrons. The second-order valence-electron chi connectivity index (χ2n) is 3.89. The summed E-state index contributed by atoms with van der Waals surface area (Å²) in [5.41, 5.74) is 1.38. The van der Waals surface area contributed by atoms with Crippen molar-refractivity contribution < 1.29 is 0 Å². The predicted octanol–water partition coefficient (Wildman–Crippen LogP) is 3.69. The molecule has 2 nitrogen and oxygen atoms in total. The molecule has 0 fully saturated rings. The van der Waals surface area contributed by atoms with E-state index < -0.39 is 0 Å². The van der Waals surface area contributed by atoms with E-state index in [1.807, 2.05) is 19.4 Å². The van der Waals surface area contributed by atoms with Crippen molar-refractivity contribution in [1.29, 1.82) is 0 Å². The van der Waals surface area contributed by atoms with Crippen molar-refractivity contribution in [3.63, 3.8) is 0 Å².